The molecule has 0 aliphatic carbocycles. The van der Waals surface area contributed by atoms with Crippen molar-refractivity contribution in [1.29, 1.82) is 0 Å². The molecule has 2 amide bonds. The number of amides is 2. The van der Waals surface area contributed by atoms with E-state index in [1.807, 2.05) is 5.32 Å². The zero-order valence-corrected chi connectivity index (χ0v) is 10.5. The zero-order chi connectivity index (χ0) is 15.7. The molecule has 0 unspecified atom stereocenters. The molecular formula is C10H17N3O7. The van der Waals surface area contributed by atoms with Crippen molar-refractivity contribution in [1.82, 2.24) is 10.6 Å². The summed E-state index contributed by atoms with van der Waals surface area (Å²) in [7, 11) is 0. The SMILES string of the molecule is NCC(=O)N[C@@H](CCC(=O)O)C(=O)N[C@@H](CO)C(=O)O. The number of nitrogens with two attached hydrogens (primary N) is 1. The van der Waals surface area contributed by atoms with Crippen molar-refractivity contribution in [2.45, 2.75) is 24.9 Å². The second-order valence-electron chi connectivity index (χ2n) is 3.84. The summed E-state index contributed by atoms with van der Waals surface area (Å²) in [5.41, 5.74) is 5.06. The van der Waals surface area contributed by atoms with Crippen LogP contribution in [0.2, 0.25) is 0 Å². The van der Waals surface area contributed by atoms with Gasteiger partial charge in [0.2, 0.25) is 11.8 Å². The van der Waals surface area contributed by atoms with E-state index in [-0.39, 0.29) is 6.42 Å². The number of hydrogen-bond acceptors (Lipinski definition) is 6. The van der Waals surface area contributed by atoms with Crippen molar-refractivity contribution in [3.05, 3.63) is 0 Å². The molecule has 114 valence electrons. The third-order valence-electron chi connectivity index (χ3n) is 2.28. The minimum Gasteiger partial charge on any atom is -0.481 e. The first-order valence-corrected chi connectivity index (χ1v) is 5.67. The molecule has 0 heterocycles. The molecular weight excluding hydrogens is 274 g/mol. The molecule has 0 aromatic rings. The van der Waals surface area contributed by atoms with Gasteiger partial charge >= 0.3 is 11.9 Å². The Morgan fingerprint density at radius 1 is 1.05 bits per heavy atom. The lowest BCUT2D eigenvalue weighted by atomic mass is 10.1. The Labute approximate surface area is 113 Å². The minimum absolute atomic E-state index is 0.231. The summed E-state index contributed by atoms with van der Waals surface area (Å²) in [4.78, 5) is 44.0. The average Bonchev–Trinajstić information content (AvgIpc) is 2.39. The van der Waals surface area contributed by atoms with Crippen LogP contribution in [0.4, 0.5) is 0 Å². The first-order valence-electron chi connectivity index (χ1n) is 5.67. The smallest absolute Gasteiger partial charge is 0.328 e. The molecule has 0 saturated heterocycles. The number of carboxylic acid groups (broad SMARTS) is 2. The van der Waals surface area contributed by atoms with Crippen molar-refractivity contribution in [2.75, 3.05) is 13.2 Å². The van der Waals surface area contributed by atoms with Gasteiger partial charge in [-0.2, -0.15) is 0 Å². The fraction of sp³-hybridized carbons (Fsp3) is 0.600. The monoisotopic (exact) mass is 291 g/mol. The first kappa shape index (κ1) is 17.8. The number of carboxylic acids is 2. The third-order valence-corrected chi connectivity index (χ3v) is 2.28. The molecule has 0 aromatic carbocycles. The summed E-state index contributed by atoms with van der Waals surface area (Å²) in [6.45, 7) is -1.24. The maximum Gasteiger partial charge on any atom is 0.328 e. The lowest BCUT2D eigenvalue weighted by Crippen LogP contribution is -2.53. The Bertz CT molecular complexity index is 385. The van der Waals surface area contributed by atoms with E-state index in [1.165, 1.54) is 0 Å². The zero-order valence-electron chi connectivity index (χ0n) is 10.5. The second-order valence-corrected chi connectivity index (χ2v) is 3.84. The van der Waals surface area contributed by atoms with Gasteiger partial charge in [0, 0.05) is 6.42 Å². The fourth-order valence-corrected chi connectivity index (χ4v) is 1.25. The van der Waals surface area contributed by atoms with E-state index < -0.39 is 55.4 Å². The lowest BCUT2D eigenvalue weighted by Gasteiger charge is -2.19. The molecule has 10 heteroatoms. The molecule has 20 heavy (non-hydrogen) atoms. The highest BCUT2D eigenvalue weighted by atomic mass is 16.4. The maximum atomic E-state index is 11.7. The molecule has 0 spiro atoms. The quantitative estimate of drug-likeness (QED) is 0.258. The van der Waals surface area contributed by atoms with Crippen molar-refractivity contribution in [3.8, 4) is 0 Å². The summed E-state index contributed by atoms with van der Waals surface area (Å²) in [6.07, 6.45) is -0.634. The summed E-state index contributed by atoms with van der Waals surface area (Å²) in [5, 5.41) is 30.2. The van der Waals surface area contributed by atoms with Crippen LogP contribution in [0.15, 0.2) is 0 Å². The Morgan fingerprint density at radius 3 is 2.05 bits per heavy atom. The molecule has 2 atom stereocenters. The molecule has 0 aromatic heterocycles. The van der Waals surface area contributed by atoms with Crippen molar-refractivity contribution < 1.29 is 34.5 Å². The minimum atomic E-state index is -1.54. The molecule has 10 nitrogen and oxygen atoms in total. The Morgan fingerprint density at radius 2 is 1.65 bits per heavy atom. The van der Waals surface area contributed by atoms with Crippen LogP contribution in [0.25, 0.3) is 0 Å². The van der Waals surface area contributed by atoms with Gasteiger partial charge < -0.3 is 31.7 Å². The molecule has 0 fully saturated rings. The van der Waals surface area contributed by atoms with Gasteiger partial charge in [0.1, 0.15) is 12.1 Å². The van der Waals surface area contributed by atoms with E-state index in [9.17, 15) is 19.2 Å². The van der Waals surface area contributed by atoms with Crippen LogP contribution < -0.4 is 16.4 Å². The number of hydrogen-bond donors (Lipinski definition) is 6. The largest absolute Gasteiger partial charge is 0.481 e. The predicted octanol–water partition coefficient (Wildman–Crippen LogP) is -3.14. The molecule has 0 aliphatic heterocycles. The third kappa shape index (κ3) is 6.66. The standard InChI is InChI=1S/C10H17N3O7/c11-3-7(15)12-5(1-2-8(16)17)9(18)13-6(4-14)10(19)20/h5-6,14H,1-4,11H2,(H,12,15)(H,13,18)(H,16,17)(H,19,20)/t5-,6-/m0/s1. The van der Waals surface area contributed by atoms with Crippen molar-refractivity contribution >= 4 is 23.8 Å². The molecule has 0 bridgehead atoms. The summed E-state index contributed by atoms with van der Waals surface area (Å²) in [6, 6.07) is -2.78. The highest BCUT2D eigenvalue weighted by molar-refractivity contribution is 5.91. The van der Waals surface area contributed by atoms with Crippen LogP contribution in [0.3, 0.4) is 0 Å². The fourth-order valence-electron chi connectivity index (χ4n) is 1.25. The van der Waals surface area contributed by atoms with Crippen LogP contribution in [-0.2, 0) is 19.2 Å². The van der Waals surface area contributed by atoms with Gasteiger partial charge in [0.25, 0.3) is 0 Å². The summed E-state index contributed by atoms with van der Waals surface area (Å²) in [5.74, 6) is -4.23. The van der Waals surface area contributed by atoms with E-state index in [0.29, 0.717) is 0 Å². The van der Waals surface area contributed by atoms with E-state index in [2.05, 4.69) is 5.32 Å². The average molecular weight is 291 g/mol. The van der Waals surface area contributed by atoms with E-state index in [0.717, 1.165) is 0 Å². The number of aliphatic carboxylic acids is 2. The number of rotatable bonds is 9. The van der Waals surface area contributed by atoms with Crippen molar-refractivity contribution in [2.24, 2.45) is 5.73 Å². The number of carbonyl (C=O) groups excluding carboxylic acids is 2. The molecule has 0 rings (SSSR count). The molecule has 0 saturated carbocycles. The van der Waals surface area contributed by atoms with E-state index in [1.54, 1.807) is 0 Å². The predicted molar refractivity (Wildman–Crippen MR) is 64.5 cm³/mol. The van der Waals surface area contributed by atoms with Crippen LogP contribution in [0.5, 0.6) is 0 Å². The number of aliphatic hydroxyl groups excluding tert-OH is 1. The van der Waals surface area contributed by atoms with E-state index in [4.69, 9.17) is 21.1 Å². The van der Waals surface area contributed by atoms with Gasteiger partial charge in [-0.15, -0.1) is 0 Å². The first-order chi connectivity index (χ1) is 9.31. The summed E-state index contributed by atoms with van der Waals surface area (Å²) >= 11 is 0. The maximum absolute atomic E-state index is 11.7. The van der Waals surface area contributed by atoms with Crippen LogP contribution >= 0.6 is 0 Å². The van der Waals surface area contributed by atoms with Gasteiger partial charge in [-0.1, -0.05) is 0 Å². The van der Waals surface area contributed by atoms with Gasteiger partial charge in [0.15, 0.2) is 0 Å². The highest BCUT2D eigenvalue weighted by Crippen LogP contribution is 1.99. The second kappa shape index (κ2) is 8.82. The highest BCUT2D eigenvalue weighted by Gasteiger charge is 2.26. The van der Waals surface area contributed by atoms with E-state index >= 15 is 0 Å². The number of aliphatic hydroxyl groups is 1. The Kier molecular flexibility index (Phi) is 7.85. The van der Waals surface area contributed by atoms with Crippen LogP contribution in [-0.4, -0.2) is 64.3 Å². The van der Waals surface area contributed by atoms with Gasteiger partial charge in [0.05, 0.1) is 13.2 Å². The molecule has 0 radical (unpaired) electrons. The molecule has 7 N–H and O–H groups in total. The topological polar surface area (TPSA) is 179 Å². The van der Waals surface area contributed by atoms with Crippen LogP contribution in [0, 0.1) is 0 Å². The summed E-state index contributed by atoms with van der Waals surface area (Å²) < 4.78 is 0. The lowest BCUT2D eigenvalue weighted by molar-refractivity contribution is -0.144. The normalized spacial score (nSPS) is 13.1. The van der Waals surface area contributed by atoms with Gasteiger partial charge in [-0.05, 0) is 6.42 Å². The van der Waals surface area contributed by atoms with Crippen molar-refractivity contribution in [3.63, 3.8) is 0 Å². The number of carbonyl (C=O) groups is 4. The Balaban J connectivity index is 4.72. The van der Waals surface area contributed by atoms with Crippen LogP contribution in [0.1, 0.15) is 12.8 Å². The van der Waals surface area contributed by atoms with Gasteiger partial charge in [-0.25, -0.2) is 4.79 Å². The number of nitrogens with one attached hydrogen (secondary N) is 2. The Hall–Kier alpha value is -2.20. The molecule has 0 aliphatic rings. The van der Waals surface area contributed by atoms with Gasteiger partial charge in [-0.3, -0.25) is 14.4 Å².